The van der Waals surface area contributed by atoms with Crippen LogP contribution in [0.15, 0.2) is 40.9 Å². The summed E-state index contributed by atoms with van der Waals surface area (Å²) in [6.45, 7) is 1.87. The number of nitrogens with zero attached hydrogens (tertiary/aromatic N) is 4. The lowest BCUT2D eigenvalue weighted by atomic mass is 9.97. The Kier molecular flexibility index (Phi) is 4.24. The first-order chi connectivity index (χ1) is 12.7. The van der Waals surface area contributed by atoms with Crippen molar-refractivity contribution in [1.82, 2.24) is 25.2 Å². The van der Waals surface area contributed by atoms with Crippen molar-refractivity contribution < 1.29 is 13.7 Å². The maximum atomic E-state index is 13.6. The summed E-state index contributed by atoms with van der Waals surface area (Å²) in [5, 5.41) is 10.9. The molecule has 1 N–H and O–H groups in total. The first-order valence-electron chi connectivity index (χ1n) is 8.42. The van der Waals surface area contributed by atoms with Crippen LogP contribution < -0.4 is 0 Å². The molecule has 8 heteroatoms. The van der Waals surface area contributed by atoms with Crippen molar-refractivity contribution in [2.45, 2.75) is 12.8 Å². The van der Waals surface area contributed by atoms with Gasteiger partial charge in [0.25, 0.3) is 5.91 Å². The van der Waals surface area contributed by atoms with Crippen LogP contribution in [-0.4, -0.2) is 50.9 Å². The fourth-order valence-corrected chi connectivity index (χ4v) is 3.29. The number of alkyl halides is 1. The zero-order valence-corrected chi connectivity index (χ0v) is 14.2. The van der Waals surface area contributed by atoms with Gasteiger partial charge in [0.05, 0.1) is 6.67 Å². The smallest absolute Gasteiger partial charge is 0.276 e. The fourth-order valence-electron chi connectivity index (χ4n) is 3.29. The van der Waals surface area contributed by atoms with Gasteiger partial charge in [0.2, 0.25) is 0 Å². The van der Waals surface area contributed by atoms with Gasteiger partial charge in [-0.1, -0.05) is 35.5 Å². The number of carbonyl (C=O) groups is 1. The largest absolute Gasteiger partial charge is 0.361 e. The summed E-state index contributed by atoms with van der Waals surface area (Å²) in [5.74, 6) is 0.901. The SMILES string of the molecule is Cc1cc(C(=O)N2C[C@@H](CF)[C@H](c3nc(-c4ccccc4)n[nH]3)C2)no1. The molecule has 1 saturated heterocycles. The fraction of sp³-hybridized carbons (Fsp3) is 0.333. The molecule has 134 valence electrons. The molecule has 26 heavy (non-hydrogen) atoms. The van der Waals surface area contributed by atoms with Gasteiger partial charge >= 0.3 is 0 Å². The molecule has 1 aliphatic rings. The molecule has 2 atom stereocenters. The summed E-state index contributed by atoms with van der Waals surface area (Å²) < 4.78 is 18.5. The Hall–Kier alpha value is -3.03. The van der Waals surface area contributed by atoms with E-state index in [1.807, 2.05) is 30.3 Å². The monoisotopic (exact) mass is 355 g/mol. The highest BCUT2D eigenvalue weighted by Crippen LogP contribution is 2.32. The Labute approximate surface area is 149 Å². The van der Waals surface area contributed by atoms with E-state index in [0.29, 0.717) is 30.5 Å². The van der Waals surface area contributed by atoms with Crippen LogP contribution in [0.3, 0.4) is 0 Å². The molecule has 3 heterocycles. The maximum absolute atomic E-state index is 13.6. The summed E-state index contributed by atoms with van der Waals surface area (Å²) >= 11 is 0. The number of halogens is 1. The zero-order valence-electron chi connectivity index (χ0n) is 14.2. The molecule has 1 amide bonds. The Morgan fingerprint density at radius 3 is 2.85 bits per heavy atom. The van der Waals surface area contributed by atoms with Crippen molar-refractivity contribution in [3.8, 4) is 11.4 Å². The summed E-state index contributed by atoms with van der Waals surface area (Å²) in [6.07, 6.45) is 0. The van der Waals surface area contributed by atoms with Crippen LogP contribution in [0, 0.1) is 12.8 Å². The molecule has 7 nitrogen and oxygen atoms in total. The molecule has 0 aliphatic carbocycles. The predicted octanol–water partition coefficient (Wildman–Crippen LogP) is 2.59. The predicted molar refractivity (Wildman–Crippen MR) is 91.2 cm³/mol. The van der Waals surface area contributed by atoms with E-state index < -0.39 is 6.67 Å². The van der Waals surface area contributed by atoms with Crippen LogP contribution in [0.2, 0.25) is 0 Å². The summed E-state index contributed by atoms with van der Waals surface area (Å²) in [5.41, 5.74) is 1.12. The quantitative estimate of drug-likeness (QED) is 0.777. The van der Waals surface area contributed by atoms with Gasteiger partial charge in [-0.15, -0.1) is 0 Å². The van der Waals surface area contributed by atoms with Gasteiger partial charge in [-0.2, -0.15) is 5.10 Å². The number of likely N-dealkylation sites (tertiary alicyclic amines) is 1. The van der Waals surface area contributed by atoms with Crippen molar-refractivity contribution in [3.63, 3.8) is 0 Å². The Bertz CT molecular complexity index is 907. The number of aryl methyl sites for hydroxylation is 1. The summed E-state index contributed by atoms with van der Waals surface area (Å²) in [4.78, 5) is 18.7. The van der Waals surface area contributed by atoms with E-state index in [9.17, 15) is 9.18 Å². The van der Waals surface area contributed by atoms with Crippen molar-refractivity contribution in [2.24, 2.45) is 5.92 Å². The van der Waals surface area contributed by atoms with Crippen LogP contribution >= 0.6 is 0 Å². The molecule has 2 aromatic heterocycles. The number of rotatable bonds is 4. The number of nitrogens with one attached hydrogen (secondary N) is 1. The second-order valence-corrected chi connectivity index (χ2v) is 6.46. The van der Waals surface area contributed by atoms with E-state index in [1.54, 1.807) is 17.9 Å². The molecule has 0 bridgehead atoms. The molecule has 1 aromatic carbocycles. The Balaban J connectivity index is 1.55. The van der Waals surface area contributed by atoms with E-state index in [4.69, 9.17) is 4.52 Å². The molecule has 0 radical (unpaired) electrons. The number of amides is 1. The minimum Gasteiger partial charge on any atom is -0.361 e. The molecule has 3 aromatic rings. The molecule has 1 fully saturated rings. The summed E-state index contributed by atoms with van der Waals surface area (Å²) in [7, 11) is 0. The molecular weight excluding hydrogens is 337 g/mol. The number of benzene rings is 1. The Morgan fingerprint density at radius 1 is 1.35 bits per heavy atom. The van der Waals surface area contributed by atoms with Crippen LogP contribution in [0.1, 0.15) is 28.0 Å². The molecule has 0 spiro atoms. The molecule has 4 rings (SSSR count). The maximum Gasteiger partial charge on any atom is 0.276 e. The van der Waals surface area contributed by atoms with Gasteiger partial charge in [-0.05, 0) is 6.92 Å². The first kappa shape index (κ1) is 16.4. The van der Waals surface area contributed by atoms with Crippen LogP contribution in [0.25, 0.3) is 11.4 Å². The van der Waals surface area contributed by atoms with E-state index in [1.165, 1.54) is 0 Å². The number of hydrogen-bond acceptors (Lipinski definition) is 5. The average Bonchev–Trinajstić information content (AvgIpc) is 3.40. The van der Waals surface area contributed by atoms with Gasteiger partial charge in [0.15, 0.2) is 11.5 Å². The topological polar surface area (TPSA) is 87.9 Å². The van der Waals surface area contributed by atoms with Gasteiger partial charge in [-0.3, -0.25) is 14.3 Å². The van der Waals surface area contributed by atoms with Crippen LogP contribution in [0.5, 0.6) is 0 Å². The van der Waals surface area contributed by atoms with Crippen molar-refractivity contribution in [1.29, 1.82) is 0 Å². The Morgan fingerprint density at radius 2 is 2.15 bits per heavy atom. The third-order valence-corrected chi connectivity index (χ3v) is 4.66. The van der Waals surface area contributed by atoms with Gasteiger partial charge in [0.1, 0.15) is 11.6 Å². The molecule has 0 saturated carbocycles. The lowest BCUT2D eigenvalue weighted by Crippen LogP contribution is -2.29. The van der Waals surface area contributed by atoms with Crippen molar-refractivity contribution in [3.05, 3.63) is 53.7 Å². The van der Waals surface area contributed by atoms with E-state index in [-0.39, 0.29) is 23.4 Å². The van der Waals surface area contributed by atoms with E-state index in [0.717, 1.165) is 5.56 Å². The highest BCUT2D eigenvalue weighted by molar-refractivity contribution is 5.92. The third kappa shape index (κ3) is 2.98. The van der Waals surface area contributed by atoms with Crippen LogP contribution in [-0.2, 0) is 0 Å². The van der Waals surface area contributed by atoms with Gasteiger partial charge in [0, 0.05) is 36.6 Å². The number of H-pyrrole nitrogens is 1. The van der Waals surface area contributed by atoms with Crippen molar-refractivity contribution >= 4 is 5.91 Å². The minimum absolute atomic E-state index is 0.234. The van der Waals surface area contributed by atoms with Crippen molar-refractivity contribution in [2.75, 3.05) is 19.8 Å². The number of carbonyl (C=O) groups excluding carboxylic acids is 1. The highest BCUT2D eigenvalue weighted by atomic mass is 19.1. The lowest BCUT2D eigenvalue weighted by Gasteiger charge is -2.13. The van der Waals surface area contributed by atoms with Gasteiger partial charge < -0.3 is 9.42 Å². The average molecular weight is 355 g/mol. The number of aromatic amines is 1. The minimum atomic E-state index is -0.534. The van der Waals surface area contributed by atoms with E-state index >= 15 is 0 Å². The summed E-state index contributed by atoms with van der Waals surface area (Å²) in [6, 6.07) is 11.1. The van der Waals surface area contributed by atoms with Gasteiger partial charge in [-0.25, -0.2) is 4.98 Å². The number of hydrogen-bond donors (Lipinski definition) is 1. The molecular formula is C18H18FN5O2. The lowest BCUT2D eigenvalue weighted by molar-refractivity contribution is 0.0774. The zero-order chi connectivity index (χ0) is 18.1. The normalized spacial score (nSPS) is 19.8. The standard InChI is InChI=1S/C18H18FN5O2/c1-11-7-15(23-26-11)18(25)24-9-13(8-19)14(10-24)17-20-16(21-22-17)12-5-3-2-4-6-12/h2-7,13-14H,8-10H2,1H3,(H,20,21,22)/t13-,14-/m1/s1. The van der Waals surface area contributed by atoms with E-state index in [2.05, 4.69) is 20.3 Å². The second kappa shape index (κ2) is 6.70. The van der Waals surface area contributed by atoms with Crippen LogP contribution in [0.4, 0.5) is 4.39 Å². The molecule has 0 unspecified atom stereocenters. The third-order valence-electron chi connectivity index (χ3n) is 4.66. The first-order valence-corrected chi connectivity index (χ1v) is 8.42. The molecule has 1 aliphatic heterocycles. The second-order valence-electron chi connectivity index (χ2n) is 6.46. The number of aromatic nitrogens is 4. The highest BCUT2D eigenvalue weighted by Gasteiger charge is 2.39.